The zero-order valence-corrected chi connectivity index (χ0v) is 14.0. The first kappa shape index (κ1) is 16.3. The number of rotatable bonds is 5. The number of ether oxygens (including phenoxy) is 2. The van der Waals surface area contributed by atoms with Gasteiger partial charge in [0.15, 0.2) is 0 Å². The van der Waals surface area contributed by atoms with E-state index in [9.17, 15) is 0 Å². The van der Waals surface area contributed by atoms with Crippen molar-refractivity contribution in [3.05, 3.63) is 59.2 Å². The van der Waals surface area contributed by atoms with Gasteiger partial charge in [0.05, 0.1) is 7.11 Å². The van der Waals surface area contributed by atoms with Gasteiger partial charge in [-0.2, -0.15) is 0 Å². The number of benzene rings is 2. The number of thiocarbonyl (C=S) groups is 1. The molecule has 0 amide bonds. The van der Waals surface area contributed by atoms with Crippen LogP contribution in [0.5, 0.6) is 5.75 Å². The van der Waals surface area contributed by atoms with Gasteiger partial charge in [-0.15, -0.1) is 0 Å². The molecule has 0 bridgehead atoms. The maximum atomic E-state index is 6.00. The highest BCUT2D eigenvalue weighted by Gasteiger charge is 2.07. The van der Waals surface area contributed by atoms with Crippen molar-refractivity contribution >= 4 is 23.1 Å². The molecule has 0 atom stereocenters. The predicted octanol–water partition coefficient (Wildman–Crippen LogP) is 4.48. The minimum absolute atomic E-state index is 0.344. The fraction of sp³-hybridized carbons (Fsp3) is 0.278. The maximum absolute atomic E-state index is 6.00. The average molecular weight is 315 g/mol. The van der Waals surface area contributed by atoms with Gasteiger partial charge in [-0.1, -0.05) is 42.8 Å². The molecule has 0 aliphatic rings. The highest BCUT2D eigenvalue weighted by Crippen LogP contribution is 2.23. The van der Waals surface area contributed by atoms with Crippen molar-refractivity contribution in [2.45, 2.75) is 26.9 Å². The first-order chi connectivity index (χ1) is 10.6. The molecule has 4 heteroatoms. The van der Waals surface area contributed by atoms with E-state index in [0.717, 1.165) is 23.4 Å². The summed E-state index contributed by atoms with van der Waals surface area (Å²) in [4.78, 5) is 0. The number of anilines is 1. The number of para-hydroxylation sites is 1. The standard InChI is InChI=1S/C18H21NO2S/c1-4-14-11-13(2)9-10-17(14)21-12-15-7-5-6-8-16(15)19-18(22)20-3/h5-11H,4,12H2,1-3H3,(H,19,22). The van der Waals surface area contributed by atoms with Crippen LogP contribution in [0, 0.1) is 6.92 Å². The Hall–Kier alpha value is -2.07. The molecule has 22 heavy (non-hydrogen) atoms. The number of aryl methyl sites for hydroxylation is 2. The van der Waals surface area contributed by atoms with Gasteiger partial charge in [-0.05, 0) is 43.3 Å². The molecule has 1 N–H and O–H groups in total. The molecule has 2 aromatic rings. The topological polar surface area (TPSA) is 30.5 Å². The van der Waals surface area contributed by atoms with Gasteiger partial charge in [-0.3, -0.25) is 0 Å². The molecule has 0 unspecified atom stereocenters. The summed E-state index contributed by atoms with van der Waals surface area (Å²) in [7, 11) is 1.55. The third-order valence-corrected chi connectivity index (χ3v) is 3.69. The Morgan fingerprint density at radius 1 is 1.14 bits per heavy atom. The highest BCUT2D eigenvalue weighted by atomic mass is 32.1. The molecule has 3 nitrogen and oxygen atoms in total. The summed E-state index contributed by atoms with van der Waals surface area (Å²) in [6, 6.07) is 14.2. The van der Waals surface area contributed by atoms with E-state index >= 15 is 0 Å². The minimum atomic E-state index is 0.344. The second kappa shape index (κ2) is 7.80. The molecule has 0 saturated carbocycles. The quantitative estimate of drug-likeness (QED) is 0.824. The molecule has 116 valence electrons. The summed E-state index contributed by atoms with van der Waals surface area (Å²) in [6.45, 7) is 4.70. The van der Waals surface area contributed by atoms with Gasteiger partial charge < -0.3 is 14.8 Å². The highest BCUT2D eigenvalue weighted by molar-refractivity contribution is 7.80. The van der Waals surface area contributed by atoms with Gasteiger partial charge >= 0.3 is 0 Å². The monoisotopic (exact) mass is 315 g/mol. The number of hydrogen-bond donors (Lipinski definition) is 1. The summed E-state index contributed by atoms with van der Waals surface area (Å²) in [5.74, 6) is 0.928. The summed E-state index contributed by atoms with van der Waals surface area (Å²) in [5.41, 5.74) is 4.40. The SMILES string of the molecule is CCc1cc(C)ccc1OCc1ccccc1NC(=S)OC. The Balaban J connectivity index is 2.13. The third kappa shape index (κ3) is 4.21. The van der Waals surface area contributed by atoms with E-state index in [1.807, 2.05) is 30.3 Å². The van der Waals surface area contributed by atoms with Crippen molar-refractivity contribution in [2.75, 3.05) is 12.4 Å². The number of hydrogen-bond acceptors (Lipinski definition) is 3. The predicted molar refractivity (Wildman–Crippen MR) is 94.6 cm³/mol. The van der Waals surface area contributed by atoms with Crippen LogP contribution in [0.1, 0.15) is 23.6 Å². The molecule has 0 heterocycles. The van der Waals surface area contributed by atoms with Crippen molar-refractivity contribution in [3.63, 3.8) is 0 Å². The van der Waals surface area contributed by atoms with E-state index < -0.39 is 0 Å². The van der Waals surface area contributed by atoms with Crippen LogP contribution in [0.3, 0.4) is 0 Å². The summed E-state index contributed by atoms with van der Waals surface area (Å²) < 4.78 is 11.0. The van der Waals surface area contributed by atoms with Crippen LogP contribution in [-0.4, -0.2) is 12.3 Å². The van der Waals surface area contributed by atoms with Crippen LogP contribution in [0.25, 0.3) is 0 Å². The molecule has 0 fully saturated rings. The van der Waals surface area contributed by atoms with Crippen molar-refractivity contribution in [1.29, 1.82) is 0 Å². The molecular weight excluding hydrogens is 294 g/mol. The largest absolute Gasteiger partial charge is 0.489 e. The van der Waals surface area contributed by atoms with E-state index in [-0.39, 0.29) is 0 Å². The number of methoxy groups -OCH3 is 1. The van der Waals surface area contributed by atoms with Crippen LogP contribution in [0.4, 0.5) is 5.69 Å². The lowest BCUT2D eigenvalue weighted by atomic mass is 10.1. The molecule has 0 aliphatic heterocycles. The normalized spacial score (nSPS) is 10.1. The van der Waals surface area contributed by atoms with Crippen LogP contribution in [0.2, 0.25) is 0 Å². The summed E-state index contributed by atoms with van der Waals surface area (Å²) in [6.07, 6.45) is 0.949. The van der Waals surface area contributed by atoms with Gasteiger partial charge in [0.2, 0.25) is 0 Å². The fourth-order valence-corrected chi connectivity index (χ4v) is 2.32. The first-order valence-corrected chi connectivity index (χ1v) is 7.70. The lowest BCUT2D eigenvalue weighted by molar-refractivity contribution is 0.303. The van der Waals surface area contributed by atoms with Crippen molar-refractivity contribution in [2.24, 2.45) is 0 Å². The molecule has 0 spiro atoms. The van der Waals surface area contributed by atoms with Crippen molar-refractivity contribution in [1.82, 2.24) is 0 Å². The first-order valence-electron chi connectivity index (χ1n) is 7.29. The molecule has 0 aromatic heterocycles. The Morgan fingerprint density at radius 2 is 1.91 bits per heavy atom. The lowest BCUT2D eigenvalue weighted by Gasteiger charge is -2.14. The van der Waals surface area contributed by atoms with Gasteiger partial charge in [-0.25, -0.2) is 0 Å². The Bertz CT molecular complexity index is 655. The van der Waals surface area contributed by atoms with Gasteiger partial charge in [0.1, 0.15) is 12.4 Å². The minimum Gasteiger partial charge on any atom is -0.489 e. The van der Waals surface area contributed by atoms with Gasteiger partial charge in [0.25, 0.3) is 5.17 Å². The molecule has 0 saturated heterocycles. The smallest absolute Gasteiger partial charge is 0.260 e. The Kier molecular flexibility index (Phi) is 5.78. The summed E-state index contributed by atoms with van der Waals surface area (Å²) in [5, 5.41) is 3.41. The second-order valence-corrected chi connectivity index (χ2v) is 5.40. The summed E-state index contributed by atoms with van der Waals surface area (Å²) >= 11 is 5.05. The molecule has 0 aliphatic carbocycles. The molecule has 2 rings (SSSR count). The molecular formula is C18H21NO2S. The second-order valence-electron chi connectivity index (χ2n) is 5.03. The van der Waals surface area contributed by atoms with Crippen LogP contribution < -0.4 is 10.1 Å². The third-order valence-electron chi connectivity index (χ3n) is 3.42. The van der Waals surface area contributed by atoms with Crippen LogP contribution in [0.15, 0.2) is 42.5 Å². The lowest BCUT2D eigenvalue weighted by Crippen LogP contribution is -2.13. The van der Waals surface area contributed by atoms with E-state index in [2.05, 4.69) is 31.3 Å². The Morgan fingerprint density at radius 3 is 2.64 bits per heavy atom. The van der Waals surface area contributed by atoms with E-state index in [4.69, 9.17) is 21.7 Å². The van der Waals surface area contributed by atoms with Crippen LogP contribution >= 0.6 is 12.2 Å². The van der Waals surface area contributed by atoms with E-state index in [0.29, 0.717) is 11.8 Å². The van der Waals surface area contributed by atoms with E-state index in [1.165, 1.54) is 11.1 Å². The van der Waals surface area contributed by atoms with Gasteiger partial charge in [0, 0.05) is 11.3 Å². The van der Waals surface area contributed by atoms with Crippen LogP contribution in [-0.2, 0) is 17.8 Å². The fourth-order valence-electron chi connectivity index (χ4n) is 2.21. The number of nitrogens with one attached hydrogen (secondary N) is 1. The zero-order chi connectivity index (χ0) is 15.9. The molecule has 2 aromatic carbocycles. The Labute approximate surface area is 137 Å². The van der Waals surface area contributed by atoms with Crippen molar-refractivity contribution in [3.8, 4) is 5.75 Å². The van der Waals surface area contributed by atoms with Crippen molar-refractivity contribution < 1.29 is 9.47 Å². The zero-order valence-electron chi connectivity index (χ0n) is 13.2. The van der Waals surface area contributed by atoms with E-state index in [1.54, 1.807) is 7.11 Å². The molecule has 0 radical (unpaired) electrons. The average Bonchev–Trinajstić information content (AvgIpc) is 2.54. The maximum Gasteiger partial charge on any atom is 0.260 e.